The van der Waals surface area contributed by atoms with E-state index in [4.69, 9.17) is 26.0 Å². The van der Waals surface area contributed by atoms with E-state index in [-0.39, 0.29) is 19.8 Å². The maximum absolute atomic E-state index is 8.93. The van der Waals surface area contributed by atoms with Gasteiger partial charge in [-0.25, -0.2) is 0 Å². The van der Waals surface area contributed by atoms with Crippen LogP contribution < -0.4 is 0 Å². The van der Waals surface area contributed by atoms with Gasteiger partial charge in [-0.15, -0.1) is 0 Å². The molecule has 0 bridgehead atoms. The van der Waals surface area contributed by atoms with E-state index in [1.165, 1.54) is 0 Å². The molecule has 7 nitrogen and oxygen atoms in total. The Bertz CT molecular complexity index is 181. The number of hydrogen-bond donors (Lipinski definition) is 5. The van der Waals surface area contributed by atoms with Gasteiger partial charge in [-0.1, -0.05) is 0 Å². The van der Waals surface area contributed by atoms with Crippen molar-refractivity contribution in [1.29, 1.82) is 0 Å². The number of rotatable bonds is 7. The van der Waals surface area contributed by atoms with Crippen molar-refractivity contribution in [3.63, 3.8) is 0 Å². The zero-order valence-corrected chi connectivity index (χ0v) is 12.0. The molecule has 0 radical (unpaired) electrons. The van der Waals surface area contributed by atoms with E-state index in [0.717, 1.165) is 0 Å². The van der Waals surface area contributed by atoms with Gasteiger partial charge in [-0.3, -0.25) is 0 Å². The third-order valence-corrected chi connectivity index (χ3v) is 2.73. The molecule has 0 saturated heterocycles. The molecule has 17 heavy (non-hydrogen) atoms. The van der Waals surface area contributed by atoms with Gasteiger partial charge in [-0.05, 0) is 13.8 Å². The van der Waals surface area contributed by atoms with Crippen molar-refractivity contribution in [2.45, 2.75) is 19.9 Å². The van der Waals surface area contributed by atoms with E-state index in [2.05, 4.69) is 0 Å². The van der Waals surface area contributed by atoms with Crippen molar-refractivity contribution >= 4 is 0 Å². The molecule has 0 fully saturated rings. The number of aliphatic hydroxyl groups is 3. The summed E-state index contributed by atoms with van der Waals surface area (Å²) in [7, 11) is 0. The number of quaternary nitrogens is 1. The summed E-state index contributed by atoms with van der Waals surface area (Å²) in [4.78, 5) is 0. The van der Waals surface area contributed by atoms with Crippen LogP contribution in [0.3, 0.4) is 0 Å². The Labute approximate surface area is 109 Å². The SMILES string of the molecule is CC(C)[N+](CCO)(CCO)CCO.[O]=[Ti]([OH])[OH]. The molecule has 0 aliphatic rings. The summed E-state index contributed by atoms with van der Waals surface area (Å²) in [5, 5.41) is 26.8. The summed E-state index contributed by atoms with van der Waals surface area (Å²) < 4.78 is 23.8. The molecule has 8 heteroatoms. The molecule has 0 aromatic rings. The Morgan fingerprint density at radius 2 is 1.18 bits per heavy atom. The van der Waals surface area contributed by atoms with E-state index in [0.29, 0.717) is 30.2 Å². The fourth-order valence-electron chi connectivity index (χ4n) is 1.71. The van der Waals surface area contributed by atoms with Crippen molar-refractivity contribution in [3.05, 3.63) is 0 Å². The number of hydrogen-bond acceptors (Lipinski definition) is 4. The standard InChI is InChI=1S/C9H22NO3.2H2O.O.Ti/c1-9(2)10(3-6-11,4-7-12)5-8-13;;;;/h9,11-13H,3-8H2,1-2H3;2*1H2;;/q+1;;;;+2/p-2. The molecule has 0 heterocycles. The minimum atomic E-state index is -3.58. The first-order valence-electron chi connectivity index (χ1n) is 5.46. The van der Waals surface area contributed by atoms with Crippen molar-refractivity contribution in [1.82, 2.24) is 0 Å². The van der Waals surface area contributed by atoms with Gasteiger partial charge in [-0.2, -0.15) is 0 Å². The summed E-state index contributed by atoms with van der Waals surface area (Å²) in [6, 6.07) is 0.312. The van der Waals surface area contributed by atoms with Crippen LogP contribution in [0.5, 0.6) is 0 Å². The zero-order valence-electron chi connectivity index (χ0n) is 10.4. The van der Waals surface area contributed by atoms with Crippen LogP contribution in [0.4, 0.5) is 0 Å². The second-order valence-electron chi connectivity index (χ2n) is 3.94. The first kappa shape index (κ1) is 19.6. The minimum absolute atomic E-state index is 0.0954. The van der Waals surface area contributed by atoms with Gasteiger partial charge in [0, 0.05) is 0 Å². The summed E-state index contributed by atoms with van der Waals surface area (Å²) >= 11 is -3.58. The monoisotopic (exact) mass is 290 g/mol. The van der Waals surface area contributed by atoms with E-state index in [1.807, 2.05) is 13.8 Å². The van der Waals surface area contributed by atoms with Gasteiger partial charge in [0.25, 0.3) is 0 Å². The average molecular weight is 290 g/mol. The van der Waals surface area contributed by atoms with E-state index >= 15 is 0 Å². The van der Waals surface area contributed by atoms with Crippen molar-refractivity contribution < 1.29 is 49.1 Å². The maximum atomic E-state index is 8.93. The molecule has 0 spiro atoms. The normalized spacial score (nSPS) is 11.1. The van der Waals surface area contributed by atoms with Crippen molar-refractivity contribution in [2.75, 3.05) is 39.5 Å². The van der Waals surface area contributed by atoms with E-state index < -0.39 is 18.6 Å². The van der Waals surface area contributed by atoms with E-state index in [1.54, 1.807) is 0 Å². The van der Waals surface area contributed by atoms with Gasteiger partial charge in [0.1, 0.15) is 19.6 Å². The second-order valence-corrected chi connectivity index (χ2v) is 4.82. The van der Waals surface area contributed by atoms with Gasteiger partial charge in [0.05, 0.1) is 25.9 Å². The molecule has 104 valence electrons. The first-order chi connectivity index (χ1) is 7.86. The molecular formula is C9H24NO6Ti+. The fourth-order valence-corrected chi connectivity index (χ4v) is 1.71. The summed E-state index contributed by atoms with van der Waals surface area (Å²) in [6.07, 6.45) is 0. The Morgan fingerprint density at radius 1 is 0.941 bits per heavy atom. The van der Waals surface area contributed by atoms with Crippen LogP contribution in [-0.4, -0.2) is 72.7 Å². The third kappa shape index (κ3) is 9.93. The number of nitrogens with zero attached hydrogens (tertiary/aromatic N) is 1. The van der Waals surface area contributed by atoms with Crippen LogP contribution in [0.2, 0.25) is 0 Å². The molecule has 0 aliphatic heterocycles. The first-order valence-corrected chi connectivity index (χ1v) is 7.50. The Hall–Kier alpha value is 0.274. The van der Waals surface area contributed by atoms with Crippen molar-refractivity contribution in [2.24, 2.45) is 0 Å². The predicted octanol–water partition coefficient (Wildman–Crippen LogP) is -2.05. The average Bonchev–Trinajstić information content (AvgIpc) is 2.17. The zero-order chi connectivity index (χ0) is 13.9. The van der Waals surface area contributed by atoms with Gasteiger partial charge >= 0.3 is 29.3 Å². The predicted molar refractivity (Wildman–Crippen MR) is 56.4 cm³/mol. The van der Waals surface area contributed by atoms with Crippen LogP contribution >= 0.6 is 0 Å². The quantitative estimate of drug-likeness (QED) is 0.272. The summed E-state index contributed by atoms with van der Waals surface area (Å²) in [6.45, 7) is 6.16. The van der Waals surface area contributed by atoms with Crippen LogP contribution in [0.25, 0.3) is 0 Å². The molecule has 0 rings (SSSR count). The molecule has 0 atom stereocenters. The molecule has 0 saturated carbocycles. The molecule has 5 N–H and O–H groups in total. The molecular weight excluding hydrogens is 266 g/mol. The van der Waals surface area contributed by atoms with Crippen LogP contribution in [0.15, 0.2) is 0 Å². The topological polar surface area (TPSA) is 118 Å². The molecule has 0 amide bonds. The van der Waals surface area contributed by atoms with Crippen LogP contribution in [-0.2, 0) is 21.9 Å². The molecule has 0 aromatic carbocycles. The molecule has 0 aliphatic carbocycles. The Kier molecular flexibility index (Phi) is 13.1. The van der Waals surface area contributed by atoms with Gasteiger partial charge < -0.3 is 19.8 Å². The van der Waals surface area contributed by atoms with Crippen LogP contribution in [0.1, 0.15) is 13.8 Å². The molecule has 0 unspecified atom stereocenters. The van der Waals surface area contributed by atoms with Gasteiger partial charge in [0.2, 0.25) is 0 Å². The third-order valence-electron chi connectivity index (χ3n) is 2.73. The second kappa shape index (κ2) is 11.4. The summed E-state index contributed by atoms with van der Waals surface area (Å²) in [5.41, 5.74) is 0. The summed E-state index contributed by atoms with van der Waals surface area (Å²) in [5.74, 6) is 0. The Morgan fingerprint density at radius 3 is 1.29 bits per heavy atom. The Balaban J connectivity index is 0. The fraction of sp³-hybridized carbons (Fsp3) is 1.00. The van der Waals surface area contributed by atoms with E-state index in [9.17, 15) is 0 Å². The molecule has 0 aromatic heterocycles. The van der Waals surface area contributed by atoms with Crippen molar-refractivity contribution in [3.8, 4) is 0 Å². The number of aliphatic hydroxyl groups excluding tert-OH is 3. The van der Waals surface area contributed by atoms with Crippen LogP contribution in [0, 0.1) is 0 Å². The van der Waals surface area contributed by atoms with Gasteiger partial charge in [0.15, 0.2) is 0 Å².